The largest absolute Gasteiger partial charge is 0.481 e. The molecule has 1 amide bonds. The van der Waals surface area contributed by atoms with Gasteiger partial charge in [-0.25, -0.2) is 0 Å². The predicted octanol–water partition coefficient (Wildman–Crippen LogP) is 4.67. The molecule has 3 nitrogen and oxygen atoms in total. The molecule has 0 aliphatic heterocycles. The van der Waals surface area contributed by atoms with Crippen molar-refractivity contribution < 1.29 is 22.7 Å². The molecule has 1 aliphatic rings. The number of amides is 1. The molecule has 6 heteroatoms. The van der Waals surface area contributed by atoms with Gasteiger partial charge in [-0.05, 0) is 61.6 Å². The number of ether oxygens (including phenoxy) is 1. The van der Waals surface area contributed by atoms with Gasteiger partial charge in [-0.2, -0.15) is 13.2 Å². The van der Waals surface area contributed by atoms with Gasteiger partial charge in [0, 0.05) is 0 Å². The van der Waals surface area contributed by atoms with Crippen LogP contribution in [0.2, 0.25) is 0 Å². The van der Waals surface area contributed by atoms with Gasteiger partial charge in [0.05, 0.1) is 11.6 Å². The van der Waals surface area contributed by atoms with Gasteiger partial charge in [-0.15, -0.1) is 0 Å². The number of rotatable bonds is 4. The normalized spacial score (nSPS) is 17.9. The summed E-state index contributed by atoms with van der Waals surface area (Å²) in [6.45, 7) is 1.59. The van der Waals surface area contributed by atoms with Crippen LogP contribution in [-0.4, -0.2) is 12.0 Å². The van der Waals surface area contributed by atoms with E-state index >= 15 is 0 Å². The lowest BCUT2D eigenvalue weighted by Crippen LogP contribution is -2.39. The first-order valence-electron chi connectivity index (χ1n) is 8.56. The Bertz CT molecular complexity index is 771. The number of hydrogen-bond donors (Lipinski definition) is 1. The van der Waals surface area contributed by atoms with E-state index in [1.165, 1.54) is 17.7 Å². The molecule has 0 unspecified atom stereocenters. The van der Waals surface area contributed by atoms with Crippen LogP contribution < -0.4 is 10.1 Å². The number of alkyl halides is 3. The van der Waals surface area contributed by atoms with Gasteiger partial charge in [0.25, 0.3) is 5.91 Å². The Hall–Kier alpha value is -2.50. The molecule has 3 rings (SSSR count). The van der Waals surface area contributed by atoms with Crippen molar-refractivity contribution in [2.75, 3.05) is 0 Å². The highest BCUT2D eigenvalue weighted by Crippen LogP contribution is 2.31. The van der Waals surface area contributed by atoms with E-state index in [4.69, 9.17) is 4.74 Å². The first kappa shape index (κ1) is 18.3. The van der Waals surface area contributed by atoms with Crippen LogP contribution in [0.1, 0.15) is 42.5 Å². The number of hydrogen-bond acceptors (Lipinski definition) is 2. The summed E-state index contributed by atoms with van der Waals surface area (Å²) >= 11 is 0. The summed E-state index contributed by atoms with van der Waals surface area (Å²) in [5.41, 5.74) is 1.61. The minimum atomic E-state index is -4.39. The molecular formula is C20H20F3NO2. The maximum atomic E-state index is 12.6. The van der Waals surface area contributed by atoms with Crippen LogP contribution in [0.3, 0.4) is 0 Å². The van der Waals surface area contributed by atoms with Crippen molar-refractivity contribution in [3.8, 4) is 5.75 Å². The highest BCUT2D eigenvalue weighted by molar-refractivity contribution is 5.81. The molecule has 1 aliphatic carbocycles. The fourth-order valence-electron chi connectivity index (χ4n) is 3.17. The maximum absolute atomic E-state index is 12.6. The van der Waals surface area contributed by atoms with E-state index in [2.05, 4.69) is 11.4 Å². The van der Waals surface area contributed by atoms with E-state index in [1.54, 1.807) is 6.92 Å². The second-order valence-electron chi connectivity index (χ2n) is 6.43. The lowest BCUT2D eigenvalue weighted by Gasteiger charge is -2.27. The van der Waals surface area contributed by atoms with Crippen LogP contribution in [0.15, 0.2) is 48.5 Å². The summed E-state index contributed by atoms with van der Waals surface area (Å²) in [5, 5.41) is 2.99. The summed E-state index contributed by atoms with van der Waals surface area (Å²) in [4.78, 5) is 12.4. The SMILES string of the molecule is C[C@H](Oc1ccc(C(F)(F)F)cc1)C(=O)N[C@@H]1CCCc2ccccc21. The third-order valence-electron chi connectivity index (χ3n) is 4.55. The molecule has 0 radical (unpaired) electrons. The fraction of sp³-hybridized carbons (Fsp3) is 0.350. The highest BCUT2D eigenvalue weighted by Gasteiger charge is 2.30. The number of aryl methyl sites for hydroxylation is 1. The van der Waals surface area contributed by atoms with Crippen LogP contribution in [-0.2, 0) is 17.4 Å². The summed E-state index contributed by atoms with van der Waals surface area (Å²) < 4.78 is 43.3. The van der Waals surface area contributed by atoms with E-state index < -0.39 is 17.8 Å². The van der Waals surface area contributed by atoms with Crippen LogP contribution in [0.5, 0.6) is 5.75 Å². The zero-order valence-electron chi connectivity index (χ0n) is 14.3. The van der Waals surface area contributed by atoms with E-state index in [9.17, 15) is 18.0 Å². The molecule has 2 aromatic rings. The topological polar surface area (TPSA) is 38.3 Å². The van der Waals surface area contributed by atoms with Gasteiger partial charge in [-0.1, -0.05) is 24.3 Å². The minimum Gasteiger partial charge on any atom is -0.481 e. The third-order valence-corrected chi connectivity index (χ3v) is 4.55. The fourth-order valence-corrected chi connectivity index (χ4v) is 3.17. The average molecular weight is 363 g/mol. The van der Waals surface area contributed by atoms with Crippen molar-refractivity contribution in [1.29, 1.82) is 0 Å². The number of nitrogens with one attached hydrogen (secondary N) is 1. The van der Waals surface area contributed by atoms with E-state index in [0.717, 1.165) is 37.0 Å². The average Bonchev–Trinajstić information content (AvgIpc) is 2.61. The first-order chi connectivity index (χ1) is 12.3. The molecule has 0 bridgehead atoms. The van der Waals surface area contributed by atoms with Gasteiger partial charge in [-0.3, -0.25) is 4.79 Å². The van der Waals surface area contributed by atoms with Crippen molar-refractivity contribution in [2.24, 2.45) is 0 Å². The van der Waals surface area contributed by atoms with Gasteiger partial charge in [0.15, 0.2) is 6.10 Å². The molecule has 2 atom stereocenters. The van der Waals surface area contributed by atoms with Crippen LogP contribution in [0.4, 0.5) is 13.2 Å². The zero-order chi connectivity index (χ0) is 18.7. The number of fused-ring (bicyclic) bond motifs is 1. The monoisotopic (exact) mass is 363 g/mol. The predicted molar refractivity (Wildman–Crippen MR) is 91.8 cm³/mol. The van der Waals surface area contributed by atoms with Crippen LogP contribution in [0.25, 0.3) is 0 Å². The van der Waals surface area contributed by atoms with Crippen molar-refractivity contribution in [2.45, 2.75) is 44.5 Å². The molecular weight excluding hydrogens is 343 g/mol. The minimum absolute atomic E-state index is 0.0638. The van der Waals surface area contributed by atoms with Gasteiger partial charge in [0.1, 0.15) is 5.75 Å². The molecule has 0 heterocycles. The molecule has 26 heavy (non-hydrogen) atoms. The Kier molecular flexibility index (Phi) is 5.20. The highest BCUT2D eigenvalue weighted by atomic mass is 19.4. The van der Waals surface area contributed by atoms with Crippen molar-refractivity contribution in [1.82, 2.24) is 5.32 Å². The Morgan fingerprint density at radius 1 is 1.15 bits per heavy atom. The number of benzene rings is 2. The lowest BCUT2D eigenvalue weighted by atomic mass is 9.87. The van der Waals surface area contributed by atoms with Gasteiger partial charge < -0.3 is 10.1 Å². The quantitative estimate of drug-likeness (QED) is 0.858. The van der Waals surface area contributed by atoms with Crippen LogP contribution in [0, 0.1) is 0 Å². The lowest BCUT2D eigenvalue weighted by molar-refractivity contribution is -0.137. The van der Waals surface area contributed by atoms with Gasteiger partial charge >= 0.3 is 6.18 Å². The Labute approximate surface area is 150 Å². The summed E-state index contributed by atoms with van der Waals surface area (Å²) in [6.07, 6.45) is -2.34. The number of carbonyl (C=O) groups is 1. The summed E-state index contributed by atoms with van der Waals surface area (Å²) in [7, 11) is 0. The Morgan fingerprint density at radius 2 is 1.85 bits per heavy atom. The molecule has 2 aromatic carbocycles. The standard InChI is InChI=1S/C20H20F3NO2/c1-13(26-16-11-9-15(10-12-16)20(21,22)23)19(25)24-18-8-4-6-14-5-2-3-7-17(14)18/h2-3,5,7,9-13,18H,4,6,8H2,1H3,(H,24,25)/t13-,18+/m0/s1. The first-order valence-corrected chi connectivity index (χ1v) is 8.56. The molecule has 0 saturated carbocycles. The maximum Gasteiger partial charge on any atom is 0.416 e. The van der Waals surface area contributed by atoms with Crippen molar-refractivity contribution in [3.63, 3.8) is 0 Å². The summed E-state index contributed by atoms with van der Waals surface area (Å²) in [5.74, 6) is -0.0590. The molecule has 1 N–H and O–H groups in total. The van der Waals surface area contributed by atoms with Crippen LogP contribution >= 0.6 is 0 Å². The molecule has 138 valence electrons. The molecule has 0 saturated heterocycles. The third kappa shape index (κ3) is 4.18. The second kappa shape index (κ2) is 7.40. The number of carbonyl (C=O) groups excluding carboxylic acids is 1. The van der Waals surface area contributed by atoms with Crippen molar-refractivity contribution in [3.05, 3.63) is 65.2 Å². The Morgan fingerprint density at radius 3 is 2.54 bits per heavy atom. The summed E-state index contributed by atoms with van der Waals surface area (Å²) in [6, 6.07) is 12.3. The Balaban J connectivity index is 1.62. The molecule has 0 fully saturated rings. The zero-order valence-corrected chi connectivity index (χ0v) is 14.3. The van der Waals surface area contributed by atoms with Crippen molar-refractivity contribution >= 4 is 5.91 Å². The van der Waals surface area contributed by atoms with E-state index in [0.29, 0.717) is 0 Å². The smallest absolute Gasteiger partial charge is 0.416 e. The van der Waals surface area contributed by atoms with E-state index in [-0.39, 0.29) is 17.7 Å². The molecule has 0 aromatic heterocycles. The number of halogens is 3. The second-order valence-corrected chi connectivity index (χ2v) is 6.43. The molecule has 0 spiro atoms. The van der Waals surface area contributed by atoms with Gasteiger partial charge in [0.2, 0.25) is 0 Å². The van der Waals surface area contributed by atoms with E-state index in [1.807, 2.05) is 18.2 Å².